The normalized spacial score (nSPS) is 14.9. The van der Waals surface area contributed by atoms with Gasteiger partial charge in [-0.3, -0.25) is 4.90 Å². The average molecular weight is 417 g/mol. The Morgan fingerprint density at radius 2 is 1.65 bits per heavy atom. The summed E-state index contributed by atoms with van der Waals surface area (Å²) >= 11 is 0. The van der Waals surface area contributed by atoms with Crippen LogP contribution < -0.4 is 4.90 Å². The monoisotopic (exact) mass is 416 g/mol. The average Bonchev–Trinajstić information content (AvgIpc) is 3.18. The second-order valence-corrected chi connectivity index (χ2v) is 8.85. The van der Waals surface area contributed by atoms with E-state index < -0.39 is 0 Å². The number of anilines is 1. The third kappa shape index (κ3) is 5.37. The van der Waals surface area contributed by atoms with Gasteiger partial charge in [0.1, 0.15) is 0 Å². The van der Waals surface area contributed by atoms with Gasteiger partial charge in [-0.15, -0.1) is 0 Å². The van der Waals surface area contributed by atoms with E-state index in [0.29, 0.717) is 0 Å². The van der Waals surface area contributed by atoms with Crippen LogP contribution in [-0.4, -0.2) is 47.4 Å². The van der Waals surface area contributed by atoms with E-state index in [-0.39, 0.29) is 0 Å². The van der Waals surface area contributed by atoms with Crippen molar-refractivity contribution in [2.24, 2.45) is 0 Å². The molecule has 4 heteroatoms. The summed E-state index contributed by atoms with van der Waals surface area (Å²) < 4.78 is 2.16. The summed E-state index contributed by atoms with van der Waals surface area (Å²) in [5, 5.41) is 4.89. The summed E-state index contributed by atoms with van der Waals surface area (Å²) in [6.07, 6.45) is 4.43. The molecule has 2 aromatic carbocycles. The molecule has 164 valence electrons. The molecule has 1 aromatic heterocycles. The number of piperazine rings is 1. The third-order valence-corrected chi connectivity index (χ3v) is 6.31. The SMILES string of the molecule is CCCc1cc(CCCN2CCN(c3ccc(C)cc3C)CC2)n(-c2ccccc2)n1. The van der Waals surface area contributed by atoms with Crippen molar-refractivity contribution in [2.45, 2.75) is 46.5 Å². The van der Waals surface area contributed by atoms with E-state index in [9.17, 15) is 0 Å². The van der Waals surface area contributed by atoms with Gasteiger partial charge in [-0.2, -0.15) is 5.10 Å². The first-order chi connectivity index (χ1) is 15.1. The molecular formula is C27H36N4. The Morgan fingerprint density at radius 1 is 0.871 bits per heavy atom. The van der Waals surface area contributed by atoms with Crippen LogP contribution in [0.3, 0.4) is 0 Å². The van der Waals surface area contributed by atoms with Crippen LogP contribution in [-0.2, 0) is 12.8 Å². The van der Waals surface area contributed by atoms with Crippen molar-refractivity contribution in [3.8, 4) is 5.69 Å². The van der Waals surface area contributed by atoms with Crippen LogP contribution in [0.2, 0.25) is 0 Å². The van der Waals surface area contributed by atoms with Gasteiger partial charge >= 0.3 is 0 Å². The summed E-state index contributed by atoms with van der Waals surface area (Å²) in [6.45, 7) is 12.3. The zero-order valence-corrected chi connectivity index (χ0v) is 19.3. The number of para-hydroxylation sites is 1. The number of hydrogen-bond acceptors (Lipinski definition) is 3. The second kappa shape index (κ2) is 10.1. The predicted molar refractivity (Wildman–Crippen MR) is 130 cm³/mol. The van der Waals surface area contributed by atoms with E-state index in [1.54, 1.807) is 0 Å². The first kappa shape index (κ1) is 21.6. The molecule has 0 amide bonds. The lowest BCUT2D eigenvalue weighted by atomic mass is 10.1. The minimum Gasteiger partial charge on any atom is -0.369 e. The van der Waals surface area contributed by atoms with Crippen molar-refractivity contribution in [2.75, 3.05) is 37.6 Å². The van der Waals surface area contributed by atoms with Crippen LogP contribution in [0.25, 0.3) is 5.69 Å². The lowest BCUT2D eigenvalue weighted by Gasteiger charge is -2.37. The fourth-order valence-electron chi connectivity index (χ4n) is 4.68. The van der Waals surface area contributed by atoms with Gasteiger partial charge in [-0.05, 0) is 69.5 Å². The van der Waals surface area contributed by atoms with Gasteiger partial charge < -0.3 is 4.90 Å². The van der Waals surface area contributed by atoms with Crippen LogP contribution in [0.5, 0.6) is 0 Å². The molecule has 3 aromatic rings. The van der Waals surface area contributed by atoms with Crippen molar-refractivity contribution in [1.82, 2.24) is 14.7 Å². The molecule has 4 nitrogen and oxygen atoms in total. The zero-order valence-electron chi connectivity index (χ0n) is 19.3. The number of nitrogens with zero attached hydrogens (tertiary/aromatic N) is 4. The van der Waals surface area contributed by atoms with E-state index >= 15 is 0 Å². The van der Waals surface area contributed by atoms with Gasteiger partial charge in [-0.1, -0.05) is 49.2 Å². The molecule has 0 unspecified atom stereocenters. The molecular weight excluding hydrogens is 380 g/mol. The summed E-state index contributed by atoms with van der Waals surface area (Å²) in [6, 6.07) is 19.7. The highest BCUT2D eigenvalue weighted by Gasteiger charge is 2.18. The highest BCUT2D eigenvalue weighted by atomic mass is 15.3. The van der Waals surface area contributed by atoms with E-state index in [0.717, 1.165) is 52.0 Å². The smallest absolute Gasteiger partial charge is 0.0648 e. The lowest BCUT2D eigenvalue weighted by Crippen LogP contribution is -2.46. The number of benzene rings is 2. The molecule has 0 bridgehead atoms. The maximum atomic E-state index is 4.89. The van der Waals surface area contributed by atoms with Gasteiger partial charge in [0, 0.05) is 37.6 Å². The van der Waals surface area contributed by atoms with Gasteiger partial charge in [0.2, 0.25) is 0 Å². The Labute approximate surface area is 187 Å². The topological polar surface area (TPSA) is 24.3 Å². The van der Waals surface area contributed by atoms with Crippen LogP contribution in [0.4, 0.5) is 5.69 Å². The van der Waals surface area contributed by atoms with Crippen molar-refractivity contribution in [3.63, 3.8) is 0 Å². The highest BCUT2D eigenvalue weighted by molar-refractivity contribution is 5.54. The number of aromatic nitrogens is 2. The summed E-state index contributed by atoms with van der Waals surface area (Å²) in [5.41, 5.74) is 7.86. The summed E-state index contributed by atoms with van der Waals surface area (Å²) in [4.78, 5) is 5.17. The van der Waals surface area contributed by atoms with E-state index in [4.69, 9.17) is 5.10 Å². The lowest BCUT2D eigenvalue weighted by molar-refractivity contribution is 0.254. The first-order valence-electron chi connectivity index (χ1n) is 11.8. The Bertz CT molecular complexity index is 968. The first-order valence-corrected chi connectivity index (χ1v) is 11.8. The molecule has 1 aliphatic rings. The molecule has 1 aliphatic heterocycles. The molecule has 1 saturated heterocycles. The standard InChI is InChI=1S/C27H36N4/c1-4-9-24-21-26(31(28-24)25-10-6-5-7-11-25)12-8-15-29-16-18-30(19-17-29)27-14-13-22(2)20-23(27)3/h5-7,10-11,13-14,20-21H,4,8-9,12,15-19H2,1-3H3. The molecule has 4 rings (SSSR count). The quantitative estimate of drug-likeness (QED) is 0.505. The Balaban J connectivity index is 1.32. The Kier molecular flexibility index (Phi) is 7.08. The number of rotatable bonds is 8. The molecule has 0 spiro atoms. The fourth-order valence-corrected chi connectivity index (χ4v) is 4.68. The van der Waals surface area contributed by atoms with Gasteiger partial charge in [-0.25, -0.2) is 4.68 Å². The van der Waals surface area contributed by atoms with E-state index in [1.165, 1.54) is 40.3 Å². The van der Waals surface area contributed by atoms with Gasteiger partial charge in [0.05, 0.1) is 11.4 Å². The molecule has 2 heterocycles. The molecule has 0 saturated carbocycles. The maximum absolute atomic E-state index is 4.89. The van der Waals surface area contributed by atoms with Gasteiger partial charge in [0.15, 0.2) is 0 Å². The fraction of sp³-hybridized carbons (Fsp3) is 0.444. The molecule has 0 radical (unpaired) electrons. The molecule has 0 N–H and O–H groups in total. The molecule has 0 aliphatic carbocycles. The summed E-state index contributed by atoms with van der Waals surface area (Å²) in [7, 11) is 0. The Morgan fingerprint density at radius 3 is 2.35 bits per heavy atom. The number of hydrogen-bond donors (Lipinski definition) is 0. The van der Waals surface area contributed by atoms with Crippen molar-refractivity contribution >= 4 is 5.69 Å². The van der Waals surface area contributed by atoms with Crippen LogP contribution >= 0.6 is 0 Å². The largest absolute Gasteiger partial charge is 0.369 e. The van der Waals surface area contributed by atoms with Gasteiger partial charge in [0.25, 0.3) is 0 Å². The van der Waals surface area contributed by atoms with Crippen molar-refractivity contribution in [1.29, 1.82) is 0 Å². The Hall–Kier alpha value is -2.59. The number of aryl methyl sites for hydroxylation is 4. The molecule has 1 fully saturated rings. The second-order valence-electron chi connectivity index (χ2n) is 8.85. The minimum absolute atomic E-state index is 1.05. The van der Waals surface area contributed by atoms with Crippen LogP contribution in [0, 0.1) is 13.8 Å². The third-order valence-electron chi connectivity index (χ3n) is 6.31. The maximum Gasteiger partial charge on any atom is 0.0648 e. The van der Waals surface area contributed by atoms with E-state index in [1.807, 2.05) is 0 Å². The molecule has 31 heavy (non-hydrogen) atoms. The zero-order chi connectivity index (χ0) is 21.6. The minimum atomic E-state index is 1.05. The predicted octanol–water partition coefficient (Wildman–Crippen LogP) is 5.20. The van der Waals surface area contributed by atoms with Crippen molar-refractivity contribution in [3.05, 3.63) is 77.1 Å². The highest BCUT2D eigenvalue weighted by Crippen LogP contribution is 2.23. The summed E-state index contributed by atoms with van der Waals surface area (Å²) in [5.74, 6) is 0. The van der Waals surface area contributed by atoms with Crippen molar-refractivity contribution < 1.29 is 0 Å². The van der Waals surface area contributed by atoms with Crippen LogP contribution in [0.1, 0.15) is 42.3 Å². The van der Waals surface area contributed by atoms with Crippen LogP contribution in [0.15, 0.2) is 54.6 Å². The van der Waals surface area contributed by atoms with E-state index in [2.05, 4.69) is 89.9 Å². The molecule has 0 atom stereocenters.